The fourth-order valence-corrected chi connectivity index (χ4v) is 1.24. The second-order valence-corrected chi connectivity index (χ2v) is 4.27. The summed E-state index contributed by atoms with van der Waals surface area (Å²) < 4.78 is 0. The van der Waals surface area contributed by atoms with Crippen molar-refractivity contribution in [1.29, 1.82) is 0 Å². The highest BCUT2D eigenvalue weighted by atomic mass is 16.5. The van der Waals surface area contributed by atoms with Crippen molar-refractivity contribution < 1.29 is 5.48 Å². The van der Waals surface area contributed by atoms with Gasteiger partial charge in [-0.15, -0.1) is 0 Å². The largest absolute Gasteiger partial charge is 0.635 e. The normalized spacial score (nSPS) is 12.0. The first-order valence-electron chi connectivity index (χ1n) is 5.09. The molecule has 0 aliphatic rings. The van der Waals surface area contributed by atoms with Crippen LogP contribution in [0.2, 0.25) is 0 Å². The fourth-order valence-electron chi connectivity index (χ4n) is 1.24. The first kappa shape index (κ1) is 11.9. The molecule has 0 heterocycles. The molecule has 0 aromatic rings. The SMILES string of the molecule is CCCCCCCC(C)(C)[NH2+][O-]. The van der Waals surface area contributed by atoms with Crippen LogP contribution < -0.4 is 5.48 Å². The van der Waals surface area contributed by atoms with Crippen molar-refractivity contribution >= 4 is 0 Å². The molecule has 0 radical (unpaired) electrons. The van der Waals surface area contributed by atoms with Crippen LogP contribution in [0.15, 0.2) is 0 Å². The van der Waals surface area contributed by atoms with Crippen LogP contribution in [0.5, 0.6) is 0 Å². The Labute approximate surface area is 76.3 Å². The van der Waals surface area contributed by atoms with Crippen LogP contribution in [-0.2, 0) is 0 Å². The van der Waals surface area contributed by atoms with E-state index in [-0.39, 0.29) is 5.54 Å². The topological polar surface area (TPSA) is 39.7 Å². The first-order chi connectivity index (χ1) is 5.62. The summed E-state index contributed by atoms with van der Waals surface area (Å²) in [7, 11) is 0. The highest BCUT2D eigenvalue weighted by Gasteiger charge is 2.15. The molecule has 0 rings (SSSR count). The molecule has 0 aromatic carbocycles. The highest BCUT2D eigenvalue weighted by molar-refractivity contribution is 4.64. The van der Waals surface area contributed by atoms with Crippen LogP contribution in [0.25, 0.3) is 0 Å². The van der Waals surface area contributed by atoms with Gasteiger partial charge in [-0.2, -0.15) is 0 Å². The Kier molecular flexibility index (Phi) is 6.39. The van der Waals surface area contributed by atoms with Gasteiger partial charge in [0.05, 0.1) is 5.54 Å². The molecule has 0 saturated carbocycles. The van der Waals surface area contributed by atoms with E-state index in [4.69, 9.17) is 0 Å². The summed E-state index contributed by atoms with van der Waals surface area (Å²) in [6.07, 6.45) is 7.47. The van der Waals surface area contributed by atoms with Gasteiger partial charge in [0.25, 0.3) is 0 Å². The van der Waals surface area contributed by atoms with E-state index in [2.05, 4.69) is 6.92 Å². The van der Waals surface area contributed by atoms with E-state index >= 15 is 0 Å². The highest BCUT2D eigenvalue weighted by Crippen LogP contribution is 2.11. The van der Waals surface area contributed by atoms with Crippen molar-refractivity contribution in [1.82, 2.24) is 0 Å². The monoisotopic (exact) mass is 173 g/mol. The van der Waals surface area contributed by atoms with Gasteiger partial charge in [-0.1, -0.05) is 32.6 Å². The van der Waals surface area contributed by atoms with E-state index in [0.29, 0.717) is 0 Å². The molecule has 2 heteroatoms. The Morgan fingerprint density at radius 3 is 2.17 bits per heavy atom. The van der Waals surface area contributed by atoms with Gasteiger partial charge in [0.1, 0.15) is 0 Å². The number of hydrogen-bond acceptors (Lipinski definition) is 1. The van der Waals surface area contributed by atoms with Gasteiger partial charge in [0.15, 0.2) is 0 Å². The van der Waals surface area contributed by atoms with Gasteiger partial charge < -0.3 is 10.7 Å². The molecule has 0 amide bonds. The maximum Gasteiger partial charge on any atom is 0.0901 e. The molecule has 0 aliphatic carbocycles. The molecule has 0 saturated heterocycles. The maximum atomic E-state index is 10.5. The third-order valence-corrected chi connectivity index (χ3v) is 2.24. The van der Waals surface area contributed by atoms with E-state index in [9.17, 15) is 5.21 Å². The Hall–Kier alpha value is -0.0800. The second kappa shape index (κ2) is 6.44. The Balaban J connectivity index is 3.19. The first-order valence-corrected chi connectivity index (χ1v) is 5.09. The van der Waals surface area contributed by atoms with Crippen molar-refractivity contribution in [2.24, 2.45) is 0 Å². The van der Waals surface area contributed by atoms with Gasteiger partial charge in [0.2, 0.25) is 0 Å². The van der Waals surface area contributed by atoms with E-state index in [1.165, 1.54) is 32.1 Å². The molecule has 0 spiro atoms. The summed E-state index contributed by atoms with van der Waals surface area (Å²) in [6.45, 7) is 6.25. The Morgan fingerprint density at radius 2 is 1.67 bits per heavy atom. The summed E-state index contributed by atoms with van der Waals surface area (Å²) in [4.78, 5) is 0. The number of hydroxylamine groups is 1. The number of hydrogen-bond donors (Lipinski definition) is 1. The summed E-state index contributed by atoms with van der Waals surface area (Å²) in [5, 5.41) is 10.5. The smallest absolute Gasteiger partial charge is 0.0901 e. The minimum absolute atomic E-state index is 0.0911. The van der Waals surface area contributed by atoms with E-state index in [1.54, 1.807) is 0 Å². The zero-order valence-corrected chi connectivity index (χ0v) is 8.73. The van der Waals surface area contributed by atoms with E-state index in [0.717, 1.165) is 11.9 Å². The van der Waals surface area contributed by atoms with Crippen LogP contribution in [0.3, 0.4) is 0 Å². The molecule has 2 N–H and O–H groups in total. The quantitative estimate of drug-likeness (QED) is 0.465. The minimum atomic E-state index is -0.0911. The van der Waals surface area contributed by atoms with Crippen LogP contribution in [-0.4, -0.2) is 5.54 Å². The van der Waals surface area contributed by atoms with Gasteiger partial charge >= 0.3 is 0 Å². The van der Waals surface area contributed by atoms with E-state index in [1.807, 2.05) is 13.8 Å². The Bertz CT molecular complexity index is 102. The second-order valence-electron chi connectivity index (χ2n) is 4.27. The molecular weight excluding hydrogens is 150 g/mol. The predicted octanol–water partition coefficient (Wildman–Crippen LogP) is 2.19. The van der Waals surface area contributed by atoms with Gasteiger partial charge in [-0.3, -0.25) is 0 Å². The van der Waals surface area contributed by atoms with Crippen molar-refractivity contribution in [3.8, 4) is 0 Å². The molecular formula is C10H23NO. The number of quaternary nitrogens is 1. The lowest BCUT2D eigenvalue weighted by Crippen LogP contribution is -2.89. The van der Waals surface area contributed by atoms with Crippen molar-refractivity contribution in [3.05, 3.63) is 5.21 Å². The summed E-state index contributed by atoms with van der Waals surface area (Å²) in [6, 6.07) is 0. The summed E-state index contributed by atoms with van der Waals surface area (Å²) >= 11 is 0. The molecule has 0 atom stereocenters. The maximum absolute atomic E-state index is 10.5. The summed E-state index contributed by atoms with van der Waals surface area (Å²) in [5.41, 5.74) is 0.985. The number of nitrogens with two attached hydrogens (primary N) is 1. The number of rotatable bonds is 7. The lowest BCUT2D eigenvalue weighted by molar-refractivity contribution is -0.663. The molecule has 0 aromatic heterocycles. The predicted molar refractivity (Wildman–Crippen MR) is 52.7 cm³/mol. The molecule has 0 unspecified atom stereocenters. The zero-order chi connectivity index (χ0) is 9.45. The standard InChI is InChI=1S/C10H23NO/c1-4-5-6-7-8-9-10(2,3)11-12/h4-9,11H2,1-3H3. The van der Waals surface area contributed by atoms with Crippen LogP contribution in [0.1, 0.15) is 59.3 Å². The average Bonchev–Trinajstić information content (AvgIpc) is 2.04. The molecule has 2 nitrogen and oxygen atoms in total. The van der Waals surface area contributed by atoms with Gasteiger partial charge in [0, 0.05) is 6.42 Å². The van der Waals surface area contributed by atoms with Crippen molar-refractivity contribution in [2.75, 3.05) is 0 Å². The van der Waals surface area contributed by atoms with Crippen LogP contribution >= 0.6 is 0 Å². The molecule has 74 valence electrons. The fraction of sp³-hybridized carbons (Fsp3) is 1.00. The van der Waals surface area contributed by atoms with Gasteiger partial charge in [-0.25, -0.2) is 0 Å². The molecule has 0 aliphatic heterocycles. The lowest BCUT2D eigenvalue weighted by Gasteiger charge is -2.24. The van der Waals surface area contributed by atoms with Crippen LogP contribution in [0, 0.1) is 5.21 Å². The van der Waals surface area contributed by atoms with Crippen LogP contribution in [0.4, 0.5) is 0 Å². The Morgan fingerprint density at radius 1 is 1.08 bits per heavy atom. The third kappa shape index (κ3) is 6.62. The molecule has 0 bridgehead atoms. The molecule has 12 heavy (non-hydrogen) atoms. The average molecular weight is 173 g/mol. The van der Waals surface area contributed by atoms with Gasteiger partial charge in [-0.05, 0) is 20.3 Å². The molecule has 0 fully saturated rings. The number of unbranched alkanes of at least 4 members (excludes halogenated alkanes) is 4. The van der Waals surface area contributed by atoms with Crippen molar-refractivity contribution in [2.45, 2.75) is 64.8 Å². The third-order valence-electron chi connectivity index (χ3n) is 2.24. The zero-order valence-electron chi connectivity index (χ0n) is 8.73. The minimum Gasteiger partial charge on any atom is -0.635 e. The van der Waals surface area contributed by atoms with E-state index < -0.39 is 0 Å². The lowest BCUT2D eigenvalue weighted by atomic mass is 9.97. The summed E-state index contributed by atoms with van der Waals surface area (Å²) in [5.74, 6) is 0. The van der Waals surface area contributed by atoms with Crippen molar-refractivity contribution in [3.63, 3.8) is 0 Å².